The fourth-order valence-electron chi connectivity index (χ4n) is 6.36. The predicted molar refractivity (Wildman–Crippen MR) is 140 cm³/mol. The second-order valence-corrected chi connectivity index (χ2v) is 11.0. The van der Waals surface area contributed by atoms with Gasteiger partial charge in [0, 0.05) is 48.9 Å². The number of fused-ring (bicyclic) bond motifs is 1. The number of carbonyl (C=O) groups is 2. The van der Waals surface area contributed by atoms with E-state index in [0.29, 0.717) is 23.4 Å². The molecule has 6 nitrogen and oxygen atoms in total. The molecular formula is C30H37N3O3. The number of benzene rings is 2. The van der Waals surface area contributed by atoms with Crippen LogP contribution in [0.4, 0.5) is 0 Å². The van der Waals surface area contributed by atoms with Crippen molar-refractivity contribution < 1.29 is 14.3 Å². The maximum Gasteiger partial charge on any atom is 0.254 e. The molecule has 6 rings (SSSR count). The summed E-state index contributed by atoms with van der Waals surface area (Å²) < 4.78 is 6.08. The summed E-state index contributed by atoms with van der Waals surface area (Å²) in [4.78, 5) is 30.6. The average molecular weight is 488 g/mol. The lowest BCUT2D eigenvalue weighted by molar-refractivity contribution is 0.0414. The van der Waals surface area contributed by atoms with Crippen LogP contribution in [0.25, 0.3) is 0 Å². The summed E-state index contributed by atoms with van der Waals surface area (Å²) in [6.07, 6.45) is 11.7. The van der Waals surface area contributed by atoms with Gasteiger partial charge in [0.05, 0.1) is 0 Å². The highest BCUT2D eigenvalue weighted by Crippen LogP contribution is 2.32. The Morgan fingerprint density at radius 3 is 2.22 bits per heavy atom. The van der Waals surface area contributed by atoms with Crippen molar-refractivity contribution in [2.45, 2.75) is 82.3 Å². The van der Waals surface area contributed by atoms with Crippen LogP contribution in [0, 0.1) is 0 Å². The van der Waals surface area contributed by atoms with Crippen LogP contribution in [0.5, 0.6) is 11.5 Å². The second kappa shape index (κ2) is 10.3. The number of nitrogens with zero attached hydrogens (tertiary/aromatic N) is 2. The van der Waals surface area contributed by atoms with Crippen molar-refractivity contribution in [1.82, 2.24) is 15.1 Å². The van der Waals surface area contributed by atoms with E-state index in [1.54, 1.807) is 0 Å². The molecule has 0 atom stereocenters. The first-order valence-electron chi connectivity index (χ1n) is 13.9. The van der Waals surface area contributed by atoms with Crippen molar-refractivity contribution in [1.29, 1.82) is 0 Å². The molecular weight excluding hydrogens is 450 g/mol. The molecule has 0 bridgehead atoms. The highest BCUT2D eigenvalue weighted by Gasteiger charge is 2.35. The molecule has 36 heavy (non-hydrogen) atoms. The quantitative estimate of drug-likeness (QED) is 0.611. The Morgan fingerprint density at radius 2 is 1.53 bits per heavy atom. The molecule has 1 saturated heterocycles. The van der Waals surface area contributed by atoms with Crippen molar-refractivity contribution >= 4 is 11.8 Å². The fraction of sp³-hybridized carbons (Fsp3) is 0.533. The van der Waals surface area contributed by atoms with Gasteiger partial charge in [-0.25, -0.2) is 0 Å². The summed E-state index contributed by atoms with van der Waals surface area (Å²) in [7, 11) is 0. The van der Waals surface area contributed by atoms with E-state index in [4.69, 9.17) is 4.74 Å². The van der Waals surface area contributed by atoms with Gasteiger partial charge in [0.15, 0.2) is 0 Å². The Bertz CT molecular complexity index is 1100. The van der Waals surface area contributed by atoms with Crippen LogP contribution in [0.1, 0.15) is 84.1 Å². The normalized spacial score (nSPS) is 21.8. The SMILES string of the molecule is O=C(NC1CCCC1)c1ccc(Oc2ccc3c(c2)CCN(C2CCN(C4CCC4)CC2)C3=O)cc1. The van der Waals surface area contributed by atoms with Crippen molar-refractivity contribution in [3.63, 3.8) is 0 Å². The minimum absolute atomic E-state index is 0.0148. The molecule has 190 valence electrons. The van der Waals surface area contributed by atoms with Crippen LogP contribution in [-0.4, -0.2) is 59.4 Å². The third-order valence-electron chi connectivity index (χ3n) is 8.76. The number of hydrogen-bond donors (Lipinski definition) is 1. The van der Waals surface area contributed by atoms with Gasteiger partial charge >= 0.3 is 0 Å². The zero-order chi connectivity index (χ0) is 24.5. The Hall–Kier alpha value is -2.86. The number of carbonyl (C=O) groups excluding carboxylic acids is 2. The Morgan fingerprint density at radius 1 is 0.806 bits per heavy atom. The Kier molecular flexibility index (Phi) is 6.70. The van der Waals surface area contributed by atoms with Crippen LogP contribution in [-0.2, 0) is 6.42 Å². The van der Waals surface area contributed by atoms with E-state index in [0.717, 1.165) is 74.7 Å². The van der Waals surface area contributed by atoms with Crippen LogP contribution in [0.3, 0.4) is 0 Å². The highest BCUT2D eigenvalue weighted by atomic mass is 16.5. The maximum absolute atomic E-state index is 13.3. The maximum atomic E-state index is 13.3. The average Bonchev–Trinajstić information content (AvgIpc) is 3.37. The first kappa shape index (κ1) is 23.5. The first-order valence-corrected chi connectivity index (χ1v) is 13.9. The van der Waals surface area contributed by atoms with Crippen molar-refractivity contribution in [3.05, 3.63) is 59.2 Å². The summed E-state index contributed by atoms with van der Waals surface area (Å²) in [5, 5.41) is 3.12. The third-order valence-corrected chi connectivity index (χ3v) is 8.76. The Balaban J connectivity index is 1.06. The topological polar surface area (TPSA) is 61.9 Å². The summed E-state index contributed by atoms with van der Waals surface area (Å²) in [6, 6.07) is 14.6. The predicted octanol–water partition coefficient (Wildman–Crippen LogP) is 5.17. The Labute approximate surface area is 214 Å². The van der Waals surface area contributed by atoms with Gasteiger partial charge in [0.25, 0.3) is 11.8 Å². The molecule has 2 aromatic carbocycles. The third kappa shape index (κ3) is 4.88. The molecule has 2 aromatic rings. The molecule has 2 heterocycles. The number of amides is 2. The van der Waals surface area contributed by atoms with E-state index in [9.17, 15) is 9.59 Å². The number of likely N-dealkylation sites (tertiary alicyclic amines) is 1. The van der Waals surface area contributed by atoms with E-state index < -0.39 is 0 Å². The van der Waals surface area contributed by atoms with Crippen LogP contribution in [0.15, 0.2) is 42.5 Å². The summed E-state index contributed by atoms with van der Waals surface area (Å²) >= 11 is 0. The number of ether oxygens (including phenoxy) is 1. The summed E-state index contributed by atoms with van der Waals surface area (Å²) in [5.41, 5.74) is 2.53. The van der Waals surface area contributed by atoms with Gasteiger partial charge in [-0.1, -0.05) is 19.3 Å². The van der Waals surface area contributed by atoms with Crippen molar-refractivity contribution in [2.75, 3.05) is 19.6 Å². The molecule has 2 aliphatic carbocycles. The molecule has 4 aliphatic rings. The first-order chi connectivity index (χ1) is 17.6. The molecule has 6 heteroatoms. The monoisotopic (exact) mass is 487 g/mol. The van der Waals surface area contributed by atoms with E-state index in [1.807, 2.05) is 42.5 Å². The zero-order valence-electron chi connectivity index (χ0n) is 21.1. The van der Waals surface area contributed by atoms with Gasteiger partial charge in [0.1, 0.15) is 11.5 Å². The number of piperidine rings is 1. The number of rotatable bonds is 6. The molecule has 2 amide bonds. The van der Waals surface area contributed by atoms with Gasteiger partial charge in [-0.2, -0.15) is 0 Å². The van der Waals surface area contributed by atoms with Crippen molar-refractivity contribution in [2.24, 2.45) is 0 Å². The van der Waals surface area contributed by atoms with Gasteiger partial charge in [-0.3, -0.25) is 9.59 Å². The molecule has 2 saturated carbocycles. The minimum atomic E-state index is -0.0148. The van der Waals surface area contributed by atoms with Crippen LogP contribution < -0.4 is 10.1 Å². The number of hydrogen-bond acceptors (Lipinski definition) is 4. The molecule has 0 spiro atoms. The van der Waals surface area contributed by atoms with Gasteiger partial charge < -0.3 is 19.9 Å². The molecule has 0 unspecified atom stereocenters. The van der Waals surface area contributed by atoms with Crippen LogP contribution in [0.2, 0.25) is 0 Å². The lowest BCUT2D eigenvalue weighted by atomic mass is 9.88. The zero-order valence-corrected chi connectivity index (χ0v) is 21.1. The lowest BCUT2D eigenvalue weighted by Gasteiger charge is -2.45. The van der Waals surface area contributed by atoms with Crippen LogP contribution >= 0.6 is 0 Å². The van der Waals surface area contributed by atoms with Gasteiger partial charge in [-0.15, -0.1) is 0 Å². The van der Waals surface area contributed by atoms with Gasteiger partial charge in [-0.05, 0) is 93.0 Å². The summed E-state index contributed by atoms with van der Waals surface area (Å²) in [5.74, 6) is 1.57. The minimum Gasteiger partial charge on any atom is -0.457 e. The standard InChI is InChI=1S/C30H37N3O3/c34-29(31-23-4-1-2-5-23)21-8-10-26(11-9-21)36-27-12-13-28-22(20-27)14-19-33(30(28)35)25-15-17-32(18-16-25)24-6-3-7-24/h8-13,20,23-25H,1-7,14-19H2,(H,31,34). The highest BCUT2D eigenvalue weighted by molar-refractivity contribution is 5.97. The second-order valence-electron chi connectivity index (χ2n) is 11.0. The molecule has 0 radical (unpaired) electrons. The molecule has 3 fully saturated rings. The fourth-order valence-corrected chi connectivity index (χ4v) is 6.36. The van der Waals surface area contributed by atoms with E-state index >= 15 is 0 Å². The lowest BCUT2D eigenvalue weighted by Crippen LogP contribution is -2.52. The summed E-state index contributed by atoms with van der Waals surface area (Å²) in [6.45, 7) is 3.04. The molecule has 1 N–H and O–H groups in total. The smallest absolute Gasteiger partial charge is 0.254 e. The van der Waals surface area contributed by atoms with Gasteiger partial charge in [0.2, 0.25) is 0 Å². The largest absolute Gasteiger partial charge is 0.457 e. The molecule has 0 aromatic heterocycles. The van der Waals surface area contributed by atoms with E-state index in [2.05, 4.69) is 15.1 Å². The van der Waals surface area contributed by atoms with E-state index in [1.165, 1.54) is 32.1 Å². The number of nitrogens with one attached hydrogen (secondary N) is 1. The molecule has 2 aliphatic heterocycles. The van der Waals surface area contributed by atoms with E-state index in [-0.39, 0.29) is 11.8 Å². The van der Waals surface area contributed by atoms with Crippen molar-refractivity contribution in [3.8, 4) is 11.5 Å².